The number of benzene rings is 1. The van der Waals surface area contributed by atoms with E-state index in [2.05, 4.69) is 19.6 Å². The van der Waals surface area contributed by atoms with Crippen LogP contribution in [-0.2, 0) is 16.0 Å². The van der Waals surface area contributed by atoms with E-state index in [9.17, 15) is 4.79 Å². The normalized spacial score (nSPS) is 20.2. The van der Waals surface area contributed by atoms with Gasteiger partial charge in [0, 0.05) is 5.56 Å². The van der Waals surface area contributed by atoms with Crippen LogP contribution in [0.25, 0.3) is 0 Å². The van der Waals surface area contributed by atoms with Crippen LogP contribution in [0.1, 0.15) is 24.2 Å². The number of carbonyl (C=O) groups is 1. The van der Waals surface area contributed by atoms with Crippen molar-refractivity contribution in [2.24, 2.45) is 0 Å². The number of aryl methyl sites for hydroxylation is 1. The summed E-state index contributed by atoms with van der Waals surface area (Å²) in [6.45, 7) is 5.79. The Balaban J connectivity index is 2.33. The number of esters is 1. The minimum absolute atomic E-state index is 0.210. The Morgan fingerprint density at radius 1 is 1.43 bits per heavy atom. The first-order valence-electron chi connectivity index (χ1n) is 4.71. The Morgan fingerprint density at radius 2 is 2.14 bits per heavy atom. The van der Waals surface area contributed by atoms with Crippen LogP contribution >= 0.6 is 0 Å². The van der Waals surface area contributed by atoms with Crippen LogP contribution in [0.15, 0.2) is 36.4 Å². The molecule has 0 spiro atoms. The third-order valence-corrected chi connectivity index (χ3v) is 2.52. The zero-order valence-corrected chi connectivity index (χ0v) is 8.12. The molecule has 0 aliphatic carbocycles. The minimum Gasteiger partial charge on any atom is -0.449 e. The highest BCUT2D eigenvalue weighted by atomic mass is 16.6. The number of cyclic esters (lactones) is 1. The maximum atomic E-state index is 10.9. The molecule has 1 aromatic carbocycles. The van der Waals surface area contributed by atoms with Gasteiger partial charge in [0.15, 0.2) is 6.10 Å². The first-order valence-corrected chi connectivity index (χ1v) is 4.71. The van der Waals surface area contributed by atoms with Crippen molar-refractivity contribution < 1.29 is 9.53 Å². The van der Waals surface area contributed by atoms with E-state index in [4.69, 9.17) is 4.74 Å². The van der Waals surface area contributed by atoms with Gasteiger partial charge in [0.1, 0.15) is 0 Å². The molecular formula is C12H12O2. The molecule has 0 bridgehead atoms. The highest BCUT2D eigenvalue weighted by Gasteiger charge is 2.36. The van der Waals surface area contributed by atoms with Gasteiger partial charge in [-0.2, -0.15) is 0 Å². The second-order valence-corrected chi connectivity index (χ2v) is 3.36. The average molecular weight is 188 g/mol. The second-order valence-electron chi connectivity index (χ2n) is 3.36. The van der Waals surface area contributed by atoms with E-state index in [1.54, 1.807) is 0 Å². The lowest BCUT2D eigenvalue weighted by atomic mass is 9.93. The summed E-state index contributed by atoms with van der Waals surface area (Å²) in [5.74, 6) is -0.277. The van der Waals surface area contributed by atoms with Crippen molar-refractivity contribution in [1.29, 1.82) is 0 Å². The largest absolute Gasteiger partial charge is 0.449 e. The minimum atomic E-state index is -0.277. The molecule has 1 atom stereocenters. The predicted octanol–water partition coefficient (Wildman–Crippen LogP) is 2.40. The van der Waals surface area contributed by atoms with Crippen molar-refractivity contribution in [3.8, 4) is 0 Å². The molecule has 72 valence electrons. The van der Waals surface area contributed by atoms with Crippen LogP contribution < -0.4 is 0 Å². The van der Waals surface area contributed by atoms with Crippen molar-refractivity contribution in [3.63, 3.8) is 0 Å². The van der Waals surface area contributed by atoms with Crippen LogP contribution in [0.4, 0.5) is 0 Å². The van der Waals surface area contributed by atoms with E-state index in [1.165, 1.54) is 5.56 Å². The van der Waals surface area contributed by atoms with Crippen LogP contribution in [0.5, 0.6) is 0 Å². The third kappa shape index (κ3) is 1.23. The average Bonchev–Trinajstić information content (AvgIpc) is 2.25. The number of rotatable bonds is 2. The Hall–Kier alpha value is -1.57. The van der Waals surface area contributed by atoms with Gasteiger partial charge in [-0.05, 0) is 12.0 Å². The van der Waals surface area contributed by atoms with Crippen LogP contribution in [-0.4, -0.2) is 5.97 Å². The summed E-state index contributed by atoms with van der Waals surface area (Å²) in [5, 5.41) is 0. The molecule has 0 aromatic heterocycles. The fraction of sp³-hybridized carbons (Fsp3) is 0.250. The molecule has 2 heteroatoms. The van der Waals surface area contributed by atoms with Crippen molar-refractivity contribution in [2.45, 2.75) is 19.4 Å². The second kappa shape index (κ2) is 3.29. The molecule has 0 amide bonds. The Bertz CT molecular complexity index is 393. The smallest absolute Gasteiger partial charge is 0.338 e. The summed E-state index contributed by atoms with van der Waals surface area (Å²) >= 11 is 0. The van der Waals surface area contributed by atoms with Gasteiger partial charge >= 0.3 is 5.97 Å². The molecule has 1 saturated heterocycles. The fourth-order valence-corrected chi connectivity index (χ4v) is 1.67. The van der Waals surface area contributed by atoms with Gasteiger partial charge in [-0.25, -0.2) is 4.79 Å². The van der Waals surface area contributed by atoms with Crippen LogP contribution in [0, 0.1) is 0 Å². The molecule has 2 nitrogen and oxygen atoms in total. The van der Waals surface area contributed by atoms with E-state index < -0.39 is 0 Å². The summed E-state index contributed by atoms with van der Waals surface area (Å²) in [6.07, 6.45) is 0.732. The first-order chi connectivity index (χ1) is 6.74. The van der Waals surface area contributed by atoms with Gasteiger partial charge in [-0.3, -0.25) is 0 Å². The molecule has 1 heterocycles. The molecule has 0 saturated carbocycles. The number of hydrogen-bond acceptors (Lipinski definition) is 2. The van der Waals surface area contributed by atoms with Crippen molar-refractivity contribution in [2.75, 3.05) is 0 Å². The molecule has 1 aliphatic heterocycles. The summed E-state index contributed by atoms with van der Waals surface area (Å²) in [5.41, 5.74) is 2.84. The molecule has 0 N–H and O–H groups in total. The van der Waals surface area contributed by atoms with E-state index in [1.807, 2.05) is 18.2 Å². The topological polar surface area (TPSA) is 26.3 Å². The molecule has 1 fully saturated rings. The van der Waals surface area contributed by atoms with E-state index in [0.717, 1.165) is 12.0 Å². The van der Waals surface area contributed by atoms with Gasteiger partial charge in [0.25, 0.3) is 0 Å². The lowest BCUT2D eigenvalue weighted by Gasteiger charge is -2.29. The maximum Gasteiger partial charge on any atom is 0.338 e. The summed E-state index contributed by atoms with van der Waals surface area (Å²) in [7, 11) is 0. The summed E-state index contributed by atoms with van der Waals surface area (Å²) in [6, 6.07) is 7.98. The predicted molar refractivity (Wildman–Crippen MR) is 53.8 cm³/mol. The van der Waals surface area contributed by atoms with E-state index in [0.29, 0.717) is 5.57 Å². The fourth-order valence-electron chi connectivity index (χ4n) is 1.67. The van der Waals surface area contributed by atoms with E-state index >= 15 is 0 Å². The molecule has 2 rings (SSSR count). The van der Waals surface area contributed by atoms with Gasteiger partial charge in [0.2, 0.25) is 0 Å². The lowest BCUT2D eigenvalue weighted by molar-refractivity contribution is -0.156. The molecule has 14 heavy (non-hydrogen) atoms. The number of carbonyl (C=O) groups excluding carboxylic acids is 1. The Kier molecular flexibility index (Phi) is 2.12. The van der Waals surface area contributed by atoms with Crippen LogP contribution in [0.2, 0.25) is 0 Å². The summed E-state index contributed by atoms with van der Waals surface area (Å²) < 4.78 is 5.04. The molecule has 1 aromatic rings. The van der Waals surface area contributed by atoms with Gasteiger partial charge in [0.05, 0.1) is 5.57 Å². The molecule has 1 unspecified atom stereocenters. The van der Waals surface area contributed by atoms with E-state index in [-0.39, 0.29) is 12.1 Å². The molecular weight excluding hydrogens is 176 g/mol. The van der Waals surface area contributed by atoms with Gasteiger partial charge in [-0.15, -0.1) is 0 Å². The third-order valence-electron chi connectivity index (χ3n) is 2.52. The lowest BCUT2D eigenvalue weighted by Crippen LogP contribution is -2.29. The van der Waals surface area contributed by atoms with Crippen molar-refractivity contribution in [1.82, 2.24) is 0 Å². The SMILES string of the molecule is C=C1C(=O)OC1c1ccccc1CC. The monoisotopic (exact) mass is 188 g/mol. The molecule has 0 radical (unpaired) electrons. The summed E-state index contributed by atoms with van der Waals surface area (Å²) in [4.78, 5) is 10.9. The quantitative estimate of drug-likeness (QED) is 0.526. The molecule has 1 aliphatic rings. The van der Waals surface area contributed by atoms with Crippen molar-refractivity contribution >= 4 is 5.97 Å². The Morgan fingerprint density at radius 3 is 2.71 bits per heavy atom. The highest BCUT2D eigenvalue weighted by molar-refractivity contribution is 5.95. The van der Waals surface area contributed by atoms with Crippen molar-refractivity contribution in [3.05, 3.63) is 47.5 Å². The number of hydrogen-bond donors (Lipinski definition) is 0. The Labute approximate surface area is 83.2 Å². The van der Waals surface area contributed by atoms with Gasteiger partial charge in [-0.1, -0.05) is 37.8 Å². The standard InChI is InChI=1S/C12H12O2/c1-3-9-6-4-5-7-10(9)11-8(2)12(13)14-11/h4-7,11H,2-3H2,1H3. The zero-order valence-electron chi connectivity index (χ0n) is 8.12. The highest BCUT2D eigenvalue weighted by Crippen LogP contribution is 2.36. The van der Waals surface area contributed by atoms with Crippen LogP contribution in [0.3, 0.4) is 0 Å². The number of ether oxygens (including phenoxy) is 1. The first kappa shape index (κ1) is 9.00. The zero-order chi connectivity index (χ0) is 10.1. The van der Waals surface area contributed by atoms with Gasteiger partial charge < -0.3 is 4.74 Å². The maximum absolute atomic E-state index is 10.9.